The van der Waals surface area contributed by atoms with Gasteiger partial charge in [-0.3, -0.25) is 9.89 Å². The Balaban J connectivity index is 2.28. The van der Waals surface area contributed by atoms with Gasteiger partial charge in [0, 0.05) is 12.5 Å². The van der Waals surface area contributed by atoms with Gasteiger partial charge in [0.15, 0.2) is 0 Å². The van der Waals surface area contributed by atoms with Gasteiger partial charge in [-0.2, -0.15) is 0 Å². The molecule has 6 heteroatoms. The third-order valence-corrected chi connectivity index (χ3v) is 3.31. The summed E-state index contributed by atoms with van der Waals surface area (Å²) in [5.74, 6) is 1.31. The molecular formula is C12H22N4OS. The zero-order valence-corrected chi connectivity index (χ0v) is 12.1. The van der Waals surface area contributed by atoms with E-state index in [0.717, 1.165) is 31.5 Å². The second-order valence-electron chi connectivity index (χ2n) is 4.36. The topological polar surface area (TPSA) is 70.7 Å². The van der Waals surface area contributed by atoms with E-state index in [4.69, 9.17) is 0 Å². The number of rotatable bonds is 8. The van der Waals surface area contributed by atoms with Crippen LogP contribution in [0.2, 0.25) is 0 Å². The van der Waals surface area contributed by atoms with Crippen LogP contribution in [0.25, 0.3) is 0 Å². The largest absolute Gasteiger partial charge is 0.353 e. The van der Waals surface area contributed by atoms with E-state index < -0.39 is 0 Å². The lowest BCUT2D eigenvalue weighted by Crippen LogP contribution is -2.33. The second kappa shape index (κ2) is 8.13. The number of aromatic amines is 1. The van der Waals surface area contributed by atoms with Crippen molar-refractivity contribution in [1.29, 1.82) is 0 Å². The molecule has 0 aliphatic rings. The van der Waals surface area contributed by atoms with Gasteiger partial charge in [0.1, 0.15) is 5.82 Å². The average Bonchev–Trinajstić information content (AvgIpc) is 2.75. The third kappa shape index (κ3) is 5.53. The predicted octanol–water partition coefficient (Wildman–Crippen LogP) is 2.15. The standard InChI is InChI=1S/C12H22N4OS/c1-4-6-9(3)13-11(17)8-18-12-14-10(7-5-2)15-16-12/h9H,4-8H2,1-3H3,(H,13,17)(H,14,15,16). The summed E-state index contributed by atoms with van der Waals surface area (Å²) >= 11 is 1.37. The molecule has 0 aliphatic carbocycles. The van der Waals surface area contributed by atoms with Gasteiger partial charge < -0.3 is 5.32 Å². The Morgan fingerprint density at radius 3 is 2.89 bits per heavy atom. The van der Waals surface area contributed by atoms with Crippen molar-refractivity contribution in [3.63, 3.8) is 0 Å². The van der Waals surface area contributed by atoms with Crippen LogP contribution in [0, 0.1) is 0 Å². The first-order chi connectivity index (χ1) is 8.65. The van der Waals surface area contributed by atoms with Crippen LogP contribution in [-0.4, -0.2) is 32.9 Å². The minimum atomic E-state index is 0.0443. The highest BCUT2D eigenvalue weighted by Crippen LogP contribution is 2.12. The summed E-state index contributed by atoms with van der Waals surface area (Å²) in [6, 6.07) is 0.242. The first kappa shape index (κ1) is 15.0. The molecule has 0 radical (unpaired) electrons. The lowest BCUT2D eigenvalue weighted by atomic mass is 10.2. The molecule has 1 amide bonds. The molecule has 0 bridgehead atoms. The van der Waals surface area contributed by atoms with E-state index in [-0.39, 0.29) is 11.9 Å². The Kier molecular flexibility index (Phi) is 6.78. The number of hydrogen-bond donors (Lipinski definition) is 2. The zero-order chi connectivity index (χ0) is 13.4. The smallest absolute Gasteiger partial charge is 0.230 e. The number of amides is 1. The summed E-state index contributed by atoms with van der Waals surface area (Å²) in [5.41, 5.74) is 0. The molecule has 1 atom stereocenters. The van der Waals surface area contributed by atoms with Crippen LogP contribution >= 0.6 is 11.8 Å². The molecule has 0 fully saturated rings. The number of nitrogens with one attached hydrogen (secondary N) is 2. The highest BCUT2D eigenvalue weighted by molar-refractivity contribution is 7.99. The van der Waals surface area contributed by atoms with Crippen molar-refractivity contribution in [3.05, 3.63) is 5.82 Å². The molecule has 0 saturated carbocycles. The van der Waals surface area contributed by atoms with Crippen molar-refractivity contribution in [2.75, 3.05) is 5.75 Å². The lowest BCUT2D eigenvalue weighted by Gasteiger charge is -2.11. The van der Waals surface area contributed by atoms with E-state index >= 15 is 0 Å². The summed E-state index contributed by atoms with van der Waals surface area (Å²) < 4.78 is 0. The summed E-state index contributed by atoms with van der Waals surface area (Å²) in [7, 11) is 0. The van der Waals surface area contributed by atoms with Crippen LogP contribution in [0.4, 0.5) is 0 Å². The Morgan fingerprint density at radius 2 is 2.22 bits per heavy atom. The summed E-state index contributed by atoms with van der Waals surface area (Å²) in [4.78, 5) is 15.9. The normalized spacial score (nSPS) is 12.4. The number of aromatic nitrogens is 3. The number of nitrogens with zero attached hydrogens (tertiary/aromatic N) is 2. The number of aryl methyl sites for hydroxylation is 1. The van der Waals surface area contributed by atoms with Crippen molar-refractivity contribution in [2.24, 2.45) is 0 Å². The Bertz CT molecular complexity index is 367. The average molecular weight is 270 g/mol. The number of thioether (sulfide) groups is 1. The first-order valence-corrected chi connectivity index (χ1v) is 7.47. The van der Waals surface area contributed by atoms with Crippen molar-refractivity contribution >= 4 is 17.7 Å². The minimum Gasteiger partial charge on any atom is -0.353 e. The van der Waals surface area contributed by atoms with Crippen molar-refractivity contribution in [1.82, 2.24) is 20.5 Å². The van der Waals surface area contributed by atoms with E-state index in [9.17, 15) is 4.79 Å². The van der Waals surface area contributed by atoms with Gasteiger partial charge in [-0.1, -0.05) is 32.0 Å². The molecule has 1 aromatic heterocycles. The van der Waals surface area contributed by atoms with Gasteiger partial charge in [-0.15, -0.1) is 5.10 Å². The van der Waals surface area contributed by atoms with Crippen molar-refractivity contribution in [2.45, 2.75) is 57.7 Å². The fourth-order valence-corrected chi connectivity index (χ4v) is 2.27. The van der Waals surface area contributed by atoms with E-state index in [0.29, 0.717) is 10.9 Å². The molecule has 2 N–H and O–H groups in total. The number of carbonyl (C=O) groups excluding carboxylic acids is 1. The van der Waals surface area contributed by atoms with Gasteiger partial charge in [0.05, 0.1) is 5.75 Å². The molecule has 18 heavy (non-hydrogen) atoms. The maximum absolute atomic E-state index is 11.6. The fourth-order valence-electron chi connectivity index (χ4n) is 1.64. The fraction of sp³-hybridized carbons (Fsp3) is 0.750. The van der Waals surface area contributed by atoms with Crippen LogP contribution in [0.15, 0.2) is 5.16 Å². The second-order valence-corrected chi connectivity index (χ2v) is 5.30. The summed E-state index contributed by atoms with van der Waals surface area (Å²) in [6.45, 7) is 6.23. The maximum atomic E-state index is 11.6. The molecule has 1 unspecified atom stereocenters. The van der Waals surface area contributed by atoms with Crippen LogP contribution in [-0.2, 0) is 11.2 Å². The quantitative estimate of drug-likeness (QED) is 0.710. The van der Waals surface area contributed by atoms with E-state index in [1.807, 2.05) is 6.92 Å². The summed E-state index contributed by atoms with van der Waals surface area (Å²) in [5, 5.41) is 10.6. The number of hydrogen-bond acceptors (Lipinski definition) is 4. The van der Waals surface area contributed by atoms with Gasteiger partial charge in [0.2, 0.25) is 11.1 Å². The molecule has 0 aromatic carbocycles. The SMILES string of the molecule is CCCc1nc(SCC(=O)NC(C)CCC)n[nH]1. The highest BCUT2D eigenvalue weighted by Gasteiger charge is 2.09. The predicted molar refractivity (Wildman–Crippen MR) is 73.6 cm³/mol. The van der Waals surface area contributed by atoms with E-state index in [1.165, 1.54) is 11.8 Å². The van der Waals surface area contributed by atoms with Gasteiger partial charge >= 0.3 is 0 Å². The monoisotopic (exact) mass is 270 g/mol. The Hall–Kier alpha value is -1.04. The van der Waals surface area contributed by atoms with Crippen molar-refractivity contribution in [3.8, 4) is 0 Å². The Morgan fingerprint density at radius 1 is 1.44 bits per heavy atom. The molecule has 0 aliphatic heterocycles. The third-order valence-electron chi connectivity index (χ3n) is 2.46. The molecule has 102 valence electrons. The molecule has 0 saturated heterocycles. The molecule has 1 heterocycles. The van der Waals surface area contributed by atoms with Gasteiger partial charge in [0.25, 0.3) is 0 Å². The lowest BCUT2D eigenvalue weighted by molar-refractivity contribution is -0.119. The molecular weight excluding hydrogens is 248 g/mol. The van der Waals surface area contributed by atoms with Gasteiger partial charge in [-0.25, -0.2) is 4.98 Å². The molecule has 0 spiro atoms. The molecule has 1 aromatic rings. The van der Waals surface area contributed by atoms with E-state index in [1.54, 1.807) is 0 Å². The van der Waals surface area contributed by atoms with Crippen LogP contribution in [0.5, 0.6) is 0 Å². The number of H-pyrrole nitrogens is 1. The highest BCUT2D eigenvalue weighted by atomic mass is 32.2. The van der Waals surface area contributed by atoms with Crippen molar-refractivity contribution < 1.29 is 4.79 Å². The van der Waals surface area contributed by atoms with Gasteiger partial charge in [-0.05, 0) is 19.8 Å². The summed E-state index contributed by atoms with van der Waals surface area (Å²) in [6.07, 6.45) is 4.02. The van der Waals surface area contributed by atoms with E-state index in [2.05, 4.69) is 34.3 Å². The maximum Gasteiger partial charge on any atom is 0.230 e. The first-order valence-electron chi connectivity index (χ1n) is 6.49. The molecule has 1 rings (SSSR count). The minimum absolute atomic E-state index is 0.0443. The van der Waals surface area contributed by atoms with Crippen LogP contribution < -0.4 is 5.32 Å². The zero-order valence-electron chi connectivity index (χ0n) is 11.3. The Labute approximate surface area is 113 Å². The van der Waals surface area contributed by atoms with Crippen LogP contribution in [0.1, 0.15) is 45.9 Å². The van der Waals surface area contributed by atoms with Crippen LogP contribution in [0.3, 0.4) is 0 Å². The number of carbonyl (C=O) groups is 1. The molecule has 5 nitrogen and oxygen atoms in total.